The maximum atomic E-state index is 7.00. The molecule has 40 heavy (non-hydrogen) atoms. The predicted molar refractivity (Wildman–Crippen MR) is 185 cm³/mol. The summed E-state index contributed by atoms with van der Waals surface area (Å²) < 4.78 is 0. The highest BCUT2D eigenvalue weighted by Crippen LogP contribution is 2.18. The fourth-order valence-electron chi connectivity index (χ4n) is 5.30. The molecule has 246 valence electrons. The Labute approximate surface area is 256 Å². The molecule has 0 radical (unpaired) electrons. The van der Waals surface area contributed by atoms with Gasteiger partial charge in [-0.05, 0) is 5.41 Å². The second-order valence-corrected chi connectivity index (χ2v) is 13.5. The molecule has 2 nitrogen and oxygen atoms in total. The summed E-state index contributed by atoms with van der Waals surface area (Å²) in [7, 11) is 2.00. The topological polar surface area (TPSA) is 40.5 Å². The first-order valence-corrected chi connectivity index (χ1v) is 18.5. The minimum atomic E-state index is 0.542. The van der Waals surface area contributed by atoms with Crippen molar-refractivity contribution in [2.24, 2.45) is 5.41 Å². The second-order valence-electron chi connectivity index (χ2n) is 13.5. The van der Waals surface area contributed by atoms with Crippen LogP contribution in [0.2, 0.25) is 0 Å². The Hall–Kier alpha value is -0.0800. The van der Waals surface area contributed by atoms with Gasteiger partial charge in [-0.25, -0.2) is 0 Å². The molecule has 0 aliphatic heterocycles. The van der Waals surface area contributed by atoms with E-state index in [1.54, 1.807) is 0 Å². The van der Waals surface area contributed by atoms with Crippen LogP contribution in [0.5, 0.6) is 0 Å². The normalized spacial score (nSPS) is 20.1. The van der Waals surface area contributed by atoms with E-state index in [1.807, 2.05) is 0 Å². The zero-order valence-corrected chi connectivity index (χ0v) is 29.3. The van der Waals surface area contributed by atoms with Crippen molar-refractivity contribution >= 4 is 0 Å². The first-order chi connectivity index (χ1) is 19.6. The Morgan fingerprint density at radius 2 is 0.325 bits per heavy atom. The maximum Gasteiger partial charge on any atom is 0.0319 e. The number of aliphatic hydroxyl groups excluding tert-OH is 2. The zero-order chi connectivity index (χ0) is 30.4. The largest absolute Gasteiger partial charge is 0.400 e. The third-order valence-electron chi connectivity index (χ3n) is 8.56. The molecule has 0 atom stereocenters. The predicted octanol–water partition coefficient (Wildman–Crippen LogP) is 13.4. The average Bonchev–Trinajstić information content (AvgIpc) is 3.00. The van der Waals surface area contributed by atoms with Crippen molar-refractivity contribution in [3.8, 4) is 0 Å². The minimum absolute atomic E-state index is 0.542. The van der Waals surface area contributed by atoms with E-state index in [-0.39, 0.29) is 0 Å². The van der Waals surface area contributed by atoms with Crippen LogP contribution >= 0.6 is 0 Å². The van der Waals surface area contributed by atoms with Crippen molar-refractivity contribution in [1.82, 2.24) is 0 Å². The molecule has 0 spiro atoms. The lowest BCUT2D eigenvalue weighted by molar-refractivity contribution is 0.398. The molecule has 0 saturated heterocycles. The van der Waals surface area contributed by atoms with Gasteiger partial charge in [-0.3, -0.25) is 0 Å². The Bertz CT molecular complexity index is 240. The zero-order valence-electron chi connectivity index (χ0n) is 29.3. The van der Waals surface area contributed by atoms with Crippen LogP contribution in [0, 0.1) is 5.41 Å². The van der Waals surface area contributed by atoms with Gasteiger partial charge in [0.15, 0.2) is 0 Å². The van der Waals surface area contributed by atoms with Crippen LogP contribution in [-0.4, -0.2) is 24.4 Å². The van der Waals surface area contributed by atoms with E-state index in [0.717, 1.165) is 14.2 Å². The molecule has 2 N–H and O–H groups in total. The maximum absolute atomic E-state index is 7.00. The molecular weight excluding hydrogens is 488 g/mol. The summed E-state index contributed by atoms with van der Waals surface area (Å²) in [4.78, 5) is 0. The highest BCUT2D eigenvalue weighted by Gasteiger charge is 2.03. The number of aliphatic hydroxyl groups is 2. The van der Waals surface area contributed by atoms with Crippen LogP contribution < -0.4 is 0 Å². The number of hydrogen-bond donors (Lipinski definition) is 2. The summed E-state index contributed by atoms with van der Waals surface area (Å²) >= 11 is 0. The first kappa shape index (κ1) is 44.4. The SMILES string of the molecule is C1CCCCCCCCC1.C1CCCCCCCCC1.C1CCCCCCCCC1.CCC(C)(C)C.CO.CO. The molecular formula is C38H82O2. The van der Waals surface area contributed by atoms with Crippen LogP contribution in [-0.2, 0) is 0 Å². The van der Waals surface area contributed by atoms with Gasteiger partial charge in [0.1, 0.15) is 0 Å². The van der Waals surface area contributed by atoms with Crippen LogP contribution in [0.3, 0.4) is 0 Å². The summed E-state index contributed by atoms with van der Waals surface area (Å²) in [5.74, 6) is 0. The summed E-state index contributed by atoms with van der Waals surface area (Å²) in [6, 6.07) is 0. The molecule has 3 fully saturated rings. The molecule has 0 aromatic rings. The molecule has 0 aromatic carbocycles. The number of rotatable bonds is 0. The van der Waals surface area contributed by atoms with E-state index < -0.39 is 0 Å². The summed E-state index contributed by atoms with van der Waals surface area (Å²) in [6.45, 7) is 8.94. The van der Waals surface area contributed by atoms with E-state index in [0.29, 0.717) is 5.41 Å². The fraction of sp³-hybridized carbons (Fsp3) is 1.00. The van der Waals surface area contributed by atoms with Crippen LogP contribution in [0.1, 0.15) is 227 Å². The van der Waals surface area contributed by atoms with Crippen molar-refractivity contribution in [1.29, 1.82) is 0 Å². The highest BCUT2D eigenvalue weighted by molar-refractivity contribution is 4.55. The van der Waals surface area contributed by atoms with Crippen LogP contribution in [0.25, 0.3) is 0 Å². The highest BCUT2D eigenvalue weighted by atomic mass is 16.2. The van der Waals surface area contributed by atoms with E-state index in [9.17, 15) is 0 Å². The van der Waals surface area contributed by atoms with Gasteiger partial charge in [0.05, 0.1) is 0 Å². The molecule has 3 saturated carbocycles. The Morgan fingerprint density at radius 3 is 0.350 bits per heavy atom. The lowest BCUT2D eigenvalue weighted by Crippen LogP contribution is -2.00. The van der Waals surface area contributed by atoms with Gasteiger partial charge in [0, 0.05) is 14.2 Å². The van der Waals surface area contributed by atoms with Crippen molar-refractivity contribution in [3.63, 3.8) is 0 Å². The first-order valence-electron chi connectivity index (χ1n) is 18.5. The van der Waals surface area contributed by atoms with Crippen molar-refractivity contribution < 1.29 is 10.2 Å². The molecule has 0 aromatic heterocycles. The monoisotopic (exact) mass is 571 g/mol. The van der Waals surface area contributed by atoms with Gasteiger partial charge in [0.25, 0.3) is 0 Å². The van der Waals surface area contributed by atoms with Gasteiger partial charge in [-0.1, -0.05) is 227 Å². The second kappa shape index (κ2) is 41.1. The van der Waals surface area contributed by atoms with Gasteiger partial charge in [0.2, 0.25) is 0 Å². The molecule has 3 aliphatic rings. The Kier molecular flexibility index (Phi) is 45.5. The van der Waals surface area contributed by atoms with Crippen molar-refractivity contribution in [2.75, 3.05) is 14.2 Å². The van der Waals surface area contributed by atoms with E-state index in [4.69, 9.17) is 10.2 Å². The standard InChI is InChI=1S/3C10H20.C6H14.2CH4O/c3*1-2-4-6-8-10-9-7-5-3-1;1-5-6(2,3)4;2*1-2/h3*1-10H2;5H2,1-4H3;2*2H,1H3. The molecule has 0 unspecified atom stereocenters. The molecule has 3 rings (SSSR count). The number of hydrogen-bond acceptors (Lipinski definition) is 2. The Balaban J connectivity index is -0.000000444. The summed E-state index contributed by atoms with van der Waals surface area (Å²) in [5, 5.41) is 14.0. The van der Waals surface area contributed by atoms with Gasteiger partial charge < -0.3 is 10.2 Å². The van der Waals surface area contributed by atoms with E-state index >= 15 is 0 Å². The van der Waals surface area contributed by atoms with Gasteiger partial charge in [-0.2, -0.15) is 0 Å². The van der Waals surface area contributed by atoms with Crippen LogP contribution in [0.15, 0.2) is 0 Å². The smallest absolute Gasteiger partial charge is 0.0319 e. The quantitative estimate of drug-likeness (QED) is 0.304. The lowest BCUT2D eigenvalue weighted by Gasteiger charge is -2.12. The van der Waals surface area contributed by atoms with E-state index in [1.165, 1.54) is 199 Å². The molecule has 0 bridgehead atoms. The van der Waals surface area contributed by atoms with E-state index in [2.05, 4.69) is 27.7 Å². The van der Waals surface area contributed by atoms with Gasteiger partial charge in [-0.15, -0.1) is 0 Å². The fourth-order valence-corrected chi connectivity index (χ4v) is 5.30. The minimum Gasteiger partial charge on any atom is -0.400 e. The summed E-state index contributed by atoms with van der Waals surface area (Å²) in [6.07, 6.45) is 46.3. The molecule has 0 heterocycles. The average molecular weight is 571 g/mol. The van der Waals surface area contributed by atoms with Crippen molar-refractivity contribution in [2.45, 2.75) is 227 Å². The van der Waals surface area contributed by atoms with Crippen molar-refractivity contribution in [3.05, 3.63) is 0 Å². The molecule has 0 amide bonds. The molecule has 3 aliphatic carbocycles. The lowest BCUT2D eigenvalue weighted by atomic mass is 9.94. The Morgan fingerprint density at radius 1 is 0.275 bits per heavy atom. The third-order valence-corrected chi connectivity index (χ3v) is 8.56. The van der Waals surface area contributed by atoms with Gasteiger partial charge >= 0.3 is 0 Å². The summed E-state index contributed by atoms with van der Waals surface area (Å²) in [5.41, 5.74) is 0.542. The van der Waals surface area contributed by atoms with Crippen LogP contribution in [0.4, 0.5) is 0 Å². The molecule has 2 heteroatoms. The third kappa shape index (κ3) is 47.7.